The van der Waals surface area contributed by atoms with E-state index in [1.165, 1.54) is 11.1 Å². The van der Waals surface area contributed by atoms with Crippen LogP contribution in [0, 0.1) is 6.92 Å². The van der Waals surface area contributed by atoms with Gasteiger partial charge in [0.05, 0.1) is 5.54 Å². The van der Waals surface area contributed by atoms with Crippen LogP contribution in [0.5, 0.6) is 0 Å². The Morgan fingerprint density at radius 3 is 2.50 bits per heavy atom. The summed E-state index contributed by atoms with van der Waals surface area (Å²) in [6.07, 6.45) is 1.68. The van der Waals surface area contributed by atoms with Gasteiger partial charge in [0.1, 0.15) is 0 Å². The summed E-state index contributed by atoms with van der Waals surface area (Å²) in [7, 11) is 0. The fourth-order valence-electron chi connectivity index (χ4n) is 1.73. The zero-order chi connectivity index (χ0) is 15.3. The van der Waals surface area contributed by atoms with E-state index in [0.29, 0.717) is 5.56 Å². The van der Waals surface area contributed by atoms with Crippen LogP contribution in [0.25, 0.3) is 0 Å². The maximum atomic E-state index is 12.6. The van der Waals surface area contributed by atoms with Crippen molar-refractivity contribution < 1.29 is 9.59 Å². The smallest absolute Gasteiger partial charge is 0.272 e. The molecule has 0 saturated carbocycles. The first-order valence-corrected chi connectivity index (χ1v) is 6.57. The average molecular weight is 274 g/mol. The predicted molar refractivity (Wildman–Crippen MR) is 80.1 cm³/mol. The molecule has 2 amide bonds. The van der Waals surface area contributed by atoms with Crippen molar-refractivity contribution in [1.29, 1.82) is 0 Å². The normalized spacial score (nSPS) is 10.8. The van der Waals surface area contributed by atoms with Crippen molar-refractivity contribution in [2.75, 3.05) is 0 Å². The first kappa shape index (κ1) is 16.0. The molecule has 0 bridgehead atoms. The largest absolute Gasteiger partial charge is 0.273 e. The van der Waals surface area contributed by atoms with E-state index < -0.39 is 5.54 Å². The highest BCUT2D eigenvalue weighted by Crippen LogP contribution is 2.16. The predicted octanol–water partition coefficient (Wildman–Crippen LogP) is 2.84. The molecule has 0 saturated heterocycles. The maximum absolute atomic E-state index is 12.6. The average Bonchev–Trinajstić information content (AvgIpc) is 2.34. The minimum atomic E-state index is -0.516. The van der Waals surface area contributed by atoms with Crippen LogP contribution in [0.2, 0.25) is 0 Å². The molecule has 0 radical (unpaired) electrons. The summed E-state index contributed by atoms with van der Waals surface area (Å²) >= 11 is 0. The second kappa shape index (κ2) is 6.37. The van der Waals surface area contributed by atoms with Gasteiger partial charge in [-0.05, 0) is 39.8 Å². The van der Waals surface area contributed by atoms with Gasteiger partial charge >= 0.3 is 0 Å². The van der Waals surface area contributed by atoms with Gasteiger partial charge in [0, 0.05) is 12.0 Å². The summed E-state index contributed by atoms with van der Waals surface area (Å²) in [4.78, 5) is 24.3. The van der Waals surface area contributed by atoms with Crippen LogP contribution in [-0.2, 0) is 4.79 Å². The Morgan fingerprint density at radius 1 is 1.35 bits per heavy atom. The minimum Gasteiger partial charge on any atom is -0.273 e. The van der Waals surface area contributed by atoms with Crippen molar-refractivity contribution in [2.45, 2.75) is 39.7 Å². The number of carbonyl (C=O) groups excluding carboxylic acids is 2. The Morgan fingerprint density at radius 2 is 2.00 bits per heavy atom. The quantitative estimate of drug-likeness (QED) is 0.680. The minimum absolute atomic E-state index is 0.174. The molecule has 1 rings (SSSR count). The molecule has 1 N–H and O–H groups in total. The molecule has 0 aliphatic rings. The van der Waals surface area contributed by atoms with Crippen LogP contribution in [0.4, 0.5) is 0 Å². The zero-order valence-electron chi connectivity index (χ0n) is 12.6. The molecule has 0 aliphatic heterocycles. The van der Waals surface area contributed by atoms with Crippen molar-refractivity contribution in [3.8, 4) is 0 Å². The van der Waals surface area contributed by atoms with E-state index in [1.807, 2.05) is 39.8 Å². The van der Waals surface area contributed by atoms with Gasteiger partial charge in [-0.15, -0.1) is 6.58 Å². The summed E-state index contributed by atoms with van der Waals surface area (Å²) in [6.45, 7) is 11.1. The Balaban J connectivity index is 3.02. The van der Waals surface area contributed by atoms with E-state index in [2.05, 4.69) is 12.0 Å². The third-order valence-electron chi connectivity index (χ3n) is 2.71. The van der Waals surface area contributed by atoms with Crippen LogP contribution in [0.3, 0.4) is 0 Å². The summed E-state index contributed by atoms with van der Waals surface area (Å²) in [5.41, 5.74) is 3.69. The summed E-state index contributed by atoms with van der Waals surface area (Å²) in [5, 5.41) is 1.37. The molecule has 0 atom stereocenters. The van der Waals surface area contributed by atoms with E-state index in [0.717, 1.165) is 5.56 Å². The van der Waals surface area contributed by atoms with Gasteiger partial charge in [-0.25, -0.2) is 5.01 Å². The fourth-order valence-corrected chi connectivity index (χ4v) is 1.73. The maximum Gasteiger partial charge on any atom is 0.272 e. The number of rotatable bonds is 3. The molecule has 0 fully saturated rings. The second-order valence-corrected chi connectivity index (χ2v) is 5.71. The van der Waals surface area contributed by atoms with Gasteiger partial charge in [0.15, 0.2) is 0 Å². The highest BCUT2D eigenvalue weighted by atomic mass is 16.2. The van der Waals surface area contributed by atoms with Gasteiger partial charge in [0.2, 0.25) is 5.91 Å². The lowest BCUT2D eigenvalue weighted by Gasteiger charge is -2.35. The van der Waals surface area contributed by atoms with Crippen molar-refractivity contribution in [3.63, 3.8) is 0 Å². The third kappa shape index (κ3) is 4.23. The van der Waals surface area contributed by atoms with Gasteiger partial charge in [-0.3, -0.25) is 15.0 Å². The number of amides is 2. The van der Waals surface area contributed by atoms with Crippen molar-refractivity contribution >= 4 is 11.8 Å². The van der Waals surface area contributed by atoms with Crippen LogP contribution < -0.4 is 5.43 Å². The fraction of sp³-hybridized carbons (Fsp3) is 0.375. The lowest BCUT2D eigenvalue weighted by atomic mass is 10.1. The van der Waals surface area contributed by atoms with E-state index in [9.17, 15) is 9.59 Å². The van der Waals surface area contributed by atoms with E-state index >= 15 is 0 Å². The monoisotopic (exact) mass is 274 g/mol. The molecular weight excluding hydrogens is 252 g/mol. The molecule has 0 spiro atoms. The SMILES string of the molecule is C=CCC(=O)NN(C(=O)c1cccc(C)c1)C(C)(C)C. The number of nitrogens with one attached hydrogen (secondary N) is 1. The molecule has 20 heavy (non-hydrogen) atoms. The highest BCUT2D eigenvalue weighted by Gasteiger charge is 2.28. The van der Waals surface area contributed by atoms with Crippen molar-refractivity contribution in [1.82, 2.24) is 10.4 Å². The molecule has 4 nitrogen and oxygen atoms in total. The number of hydrogen-bond acceptors (Lipinski definition) is 2. The Kier molecular flexibility index (Phi) is 5.08. The van der Waals surface area contributed by atoms with Crippen molar-refractivity contribution in [3.05, 3.63) is 48.0 Å². The number of aryl methyl sites for hydroxylation is 1. The lowest BCUT2D eigenvalue weighted by Crippen LogP contribution is -2.55. The van der Waals surface area contributed by atoms with Gasteiger partial charge in [-0.1, -0.05) is 23.8 Å². The third-order valence-corrected chi connectivity index (χ3v) is 2.71. The number of benzene rings is 1. The number of hydrogen-bond donors (Lipinski definition) is 1. The number of carbonyl (C=O) groups is 2. The molecule has 1 aromatic rings. The Labute approximate surface area is 120 Å². The van der Waals surface area contributed by atoms with Crippen LogP contribution in [0.1, 0.15) is 43.1 Å². The topological polar surface area (TPSA) is 49.4 Å². The van der Waals surface area contributed by atoms with Crippen LogP contribution in [0.15, 0.2) is 36.9 Å². The Hall–Kier alpha value is -2.10. The summed E-state index contributed by atoms with van der Waals surface area (Å²) in [5.74, 6) is -0.477. The highest BCUT2D eigenvalue weighted by molar-refractivity contribution is 5.96. The molecule has 108 valence electrons. The molecule has 0 aliphatic carbocycles. The number of hydrazine groups is 1. The Bertz CT molecular complexity index is 515. The molecule has 0 unspecified atom stereocenters. The van der Waals surface area contributed by atoms with Crippen molar-refractivity contribution in [2.24, 2.45) is 0 Å². The molecule has 0 heterocycles. The lowest BCUT2D eigenvalue weighted by molar-refractivity contribution is -0.126. The number of nitrogens with zero attached hydrogens (tertiary/aromatic N) is 1. The van der Waals surface area contributed by atoms with E-state index in [-0.39, 0.29) is 18.2 Å². The summed E-state index contributed by atoms with van der Waals surface area (Å²) < 4.78 is 0. The van der Waals surface area contributed by atoms with Gasteiger partial charge in [-0.2, -0.15) is 0 Å². The molecule has 0 aromatic heterocycles. The van der Waals surface area contributed by atoms with E-state index in [1.54, 1.807) is 12.1 Å². The second-order valence-electron chi connectivity index (χ2n) is 5.71. The molecular formula is C16H22N2O2. The van der Waals surface area contributed by atoms with Gasteiger partial charge in [0.25, 0.3) is 5.91 Å². The van der Waals surface area contributed by atoms with E-state index in [4.69, 9.17) is 0 Å². The first-order valence-electron chi connectivity index (χ1n) is 6.57. The van der Waals surface area contributed by atoms with Gasteiger partial charge < -0.3 is 0 Å². The van der Waals surface area contributed by atoms with Crippen LogP contribution in [-0.4, -0.2) is 22.4 Å². The molecule has 1 aromatic carbocycles. The first-order chi connectivity index (χ1) is 9.25. The standard InChI is InChI=1S/C16H22N2O2/c1-6-8-14(19)17-18(16(3,4)5)15(20)13-10-7-9-12(2)11-13/h6-7,9-11H,1,8H2,2-5H3,(H,17,19). The van der Waals surface area contributed by atoms with Crippen LogP contribution >= 0.6 is 0 Å². The summed E-state index contributed by atoms with van der Waals surface area (Å²) in [6, 6.07) is 7.30. The molecule has 4 heteroatoms. The zero-order valence-corrected chi connectivity index (χ0v) is 12.6.